The number of benzene rings is 1. The van der Waals surface area contributed by atoms with Crippen molar-refractivity contribution in [3.8, 4) is 5.75 Å². The molecule has 1 aromatic carbocycles. The van der Waals surface area contributed by atoms with Gasteiger partial charge in [-0.25, -0.2) is 9.59 Å². The van der Waals surface area contributed by atoms with Gasteiger partial charge in [-0.15, -0.1) is 0 Å². The van der Waals surface area contributed by atoms with E-state index in [4.69, 9.17) is 49.0 Å². The minimum atomic E-state index is -1.73. The van der Waals surface area contributed by atoms with Crippen molar-refractivity contribution < 1.29 is 23.8 Å². The van der Waals surface area contributed by atoms with Gasteiger partial charge < -0.3 is 19.5 Å². The van der Waals surface area contributed by atoms with Crippen LogP contribution in [0.1, 0.15) is 5.56 Å². The smallest absolute Gasteiger partial charge is 0.408 e. The second kappa shape index (κ2) is 9.74. The van der Waals surface area contributed by atoms with E-state index < -0.39 is 28.5 Å². The number of alkyl carbamates (subject to hydrolysis) is 1. The fourth-order valence-electron chi connectivity index (χ4n) is 1.74. The van der Waals surface area contributed by atoms with Crippen molar-refractivity contribution in [1.29, 1.82) is 0 Å². The van der Waals surface area contributed by atoms with Crippen molar-refractivity contribution in [3.05, 3.63) is 27.3 Å². The molecule has 24 heavy (non-hydrogen) atoms. The number of halogens is 4. The van der Waals surface area contributed by atoms with Crippen LogP contribution in [0.15, 0.2) is 18.2 Å². The number of alkyl halides is 3. The number of esters is 1. The van der Waals surface area contributed by atoms with Gasteiger partial charge in [0.05, 0.1) is 17.8 Å². The topological polar surface area (TPSA) is 73.9 Å². The number of nitrogens with one attached hydrogen (secondary N) is 1. The summed E-state index contributed by atoms with van der Waals surface area (Å²) in [6.07, 6.45) is -0.685. The Morgan fingerprint density at radius 3 is 2.46 bits per heavy atom. The third kappa shape index (κ3) is 7.50. The van der Waals surface area contributed by atoms with Crippen molar-refractivity contribution in [3.63, 3.8) is 0 Å². The second-order valence-corrected chi connectivity index (χ2v) is 8.26. The molecular weight excluding hydrogens is 495 g/mol. The van der Waals surface area contributed by atoms with E-state index in [0.29, 0.717) is 5.75 Å². The Labute approximate surface area is 168 Å². The minimum Gasteiger partial charge on any atom is -0.496 e. The van der Waals surface area contributed by atoms with E-state index in [1.807, 2.05) is 6.07 Å². The number of carbonyl (C=O) groups excluding carboxylic acids is 2. The van der Waals surface area contributed by atoms with E-state index in [2.05, 4.69) is 27.9 Å². The monoisotopic (exact) mass is 509 g/mol. The first-order valence-electron chi connectivity index (χ1n) is 6.56. The first-order chi connectivity index (χ1) is 11.2. The van der Waals surface area contributed by atoms with Crippen LogP contribution < -0.4 is 10.1 Å². The van der Waals surface area contributed by atoms with Gasteiger partial charge in [0.15, 0.2) is 0 Å². The summed E-state index contributed by atoms with van der Waals surface area (Å²) in [5.41, 5.74) is 0.803. The van der Waals surface area contributed by atoms with Gasteiger partial charge in [-0.05, 0) is 40.3 Å². The summed E-state index contributed by atoms with van der Waals surface area (Å²) >= 11 is 18.6. The number of ether oxygens (including phenoxy) is 3. The molecule has 0 saturated heterocycles. The molecule has 0 heterocycles. The Balaban J connectivity index is 2.77. The van der Waals surface area contributed by atoms with E-state index in [9.17, 15) is 9.59 Å². The van der Waals surface area contributed by atoms with Gasteiger partial charge in [-0.2, -0.15) is 0 Å². The number of hydrogen-bond donors (Lipinski definition) is 1. The van der Waals surface area contributed by atoms with Crippen LogP contribution in [0, 0.1) is 3.57 Å². The zero-order valence-electron chi connectivity index (χ0n) is 12.8. The van der Waals surface area contributed by atoms with Crippen LogP contribution in [-0.4, -0.2) is 42.7 Å². The van der Waals surface area contributed by atoms with Crippen LogP contribution in [0.3, 0.4) is 0 Å². The van der Waals surface area contributed by atoms with E-state index in [1.165, 1.54) is 7.11 Å². The average molecular weight is 511 g/mol. The molecule has 0 unspecified atom stereocenters. The number of rotatable bonds is 6. The highest BCUT2D eigenvalue weighted by atomic mass is 127. The Bertz CT molecular complexity index is 594. The maximum Gasteiger partial charge on any atom is 0.408 e. The van der Waals surface area contributed by atoms with E-state index >= 15 is 0 Å². The molecule has 1 atom stereocenters. The predicted octanol–water partition coefficient (Wildman–Crippen LogP) is 3.48. The number of hydrogen-bond acceptors (Lipinski definition) is 5. The molecule has 10 heteroatoms. The first kappa shape index (κ1) is 21.4. The highest BCUT2D eigenvalue weighted by Crippen LogP contribution is 2.26. The van der Waals surface area contributed by atoms with Gasteiger partial charge in [0, 0.05) is 6.42 Å². The van der Waals surface area contributed by atoms with Gasteiger partial charge in [0.1, 0.15) is 18.4 Å². The summed E-state index contributed by atoms with van der Waals surface area (Å²) in [5.74, 6) is 0.0932. The zero-order chi connectivity index (χ0) is 18.3. The summed E-state index contributed by atoms with van der Waals surface area (Å²) in [5, 5.41) is 2.39. The molecule has 1 aromatic rings. The molecule has 1 rings (SSSR count). The lowest BCUT2D eigenvalue weighted by Crippen LogP contribution is -2.43. The Kier molecular flexibility index (Phi) is 8.69. The van der Waals surface area contributed by atoms with Gasteiger partial charge >= 0.3 is 12.1 Å². The maximum absolute atomic E-state index is 11.9. The molecule has 1 amide bonds. The van der Waals surface area contributed by atoms with Crippen molar-refractivity contribution in [2.24, 2.45) is 0 Å². The summed E-state index contributed by atoms with van der Waals surface area (Å²) in [7, 11) is 2.79. The molecule has 0 aliphatic rings. The summed E-state index contributed by atoms with van der Waals surface area (Å²) in [4.78, 5) is 23.6. The van der Waals surface area contributed by atoms with Crippen LogP contribution >= 0.6 is 57.4 Å². The molecule has 0 spiro atoms. The zero-order valence-corrected chi connectivity index (χ0v) is 17.2. The minimum absolute atomic E-state index is 0.204. The molecule has 1 N–H and O–H groups in total. The van der Waals surface area contributed by atoms with Crippen molar-refractivity contribution in [1.82, 2.24) is 5.32 Å². The van der Waals surface area contributed by atoms with Crippen LogP contribution in [0.5, 0.6) is 5.75 Å². The predicted molar refractivity (Wildman–Crippen MR) is 100.0 cm³/mol. The SMILES string of the molecule is COC(=O)[C@H](Cc1ccc(OC)c(I)c1)NC(=O)OCC(Cl)(Cl)Cl. The lowest BCUT2D eigenvalue weighted by molar-refractivity contribution is -0.142. The van der Waals surface area contributed by atoms with Crippen molar-refractivity contribution in [2.75, 3.05) is 20.8 Å². The van der Waals surface area contributed by atoms with Crippen LogP contribution in [0.4, 0.5) is 4.79 Å². The van der Waals surface area contributed by atoms with Gasteiger partial charge in [0.25, 0.3) is 0 Å². The molecule has 0 aliphatic carbocycles. The van der Waals surface area contributed by atoms with Gasteiger partial charge in [0.2, 0.25) is 3.79 Å². The van der Waals surface area contributed by atoms with Crippen molar-refractivity contribution in [2.45, 2.75) is 16.3 Å². The van der Waals surface area contributed by atoms with Crippen LogP contribution in [0.25, 0.3) is 0 Å². The molecule has 0 aromatic heterocycles. The van der Waals surface area contributed by atoms with E-state index in [-0.39, 0.29) is 6.42 Å². The highest BCUT2D eigenvalue weighted by molar-refractivity contribution is 14.1. The molecule has 0 bridgehead atoms. The molecule has 6 nitrogen and oxygen atoms in total. The number of methoxy groups -OCH3 is 2. The molecule has 0 radical (unpaired) electrons. The fraction of sp³-hybridized carbons (Fsp3) is 0.429. The third-order valence-electron chi connectivity index (χ3n) is 2.80. The van der Waals surface area contributed by atoms with Crippen LogP contribution in [-0.2, 0) is 20.7 Å². The first-order valence-corrected chi connectivity index (χ1v) is 8.78. The van der Waals surface area contributed by atoms with Gasteiger partial charge in [-0.1, -0.05) is 40.9 Å². The lowest BCUT2D eigenvalue weighted by Gasteiger charge is -2.18. The molecule has 0 fully saturated rings. The summed E-state index contributed by atoms with van der Waals surface area (Å²) < 4.78 is 13.8. The Hall–Kier alpha value is -0.640. The Morgan fingerprint density at radius 1 is 1.29 bits per heavy atom. The number of amides is 1. The van der Waals surface area contributed by atoms with E-state index in [0.717, 1.165) is 9.13 Å². The normalized spacial score (nSPS) is 12.2. The Morgan fingerprint density at radius 2 is 1.96 bits per heavy atom. The average Bonchev–Trinajstić information content (AvgIpc) is 2.51. The summed E-state index contributed by atoms with van der Waals surface area (Å²) in [6, 6.07) is 4.45. The highest BCUT2D eigenvalue weighted by Gasteiger charge is 2.26. The lowest BCUT2D eigenvalue weighted by atomic mass is 10.1. The molecule has 0 aliphatic heterocycles. The maximum atomic E-state index is 11.9. The van der Waals surface area contributed by atoms with Gasteiger partial charge in [-0.3, -0.25) is 0 Å². The summed E-state index contributed by atoms with van der Waals surface area (Å²) in [6.45, 7) is -0.447. The quantitative estimate of drug-likeness (QED) is 0.361. The van der Waals surface area contributed by atoms with Crippen molar-refractivity contribution >= 4 is 69.5 Å². The van der Waals surface area contributed by atoms with E-state index in [1.54, 1.807) is 19.2 Å². The largest absolute Gasteiger partial charge is 0.496 e. The standard InChI is InChI=1S/C14H15Cl3INO5/c1-22-11-4-3-8(5-9(11)18)6-10(12(20)23-2)19-13(21)24-7-14(15,16)17/h3-5,10H,6-7H2,1-2H3,(H,19,21)/t10-/m0/s1. The molecule has 0 saturated carbocycles. The van der Waals surface area contributed by atoms with Crippen LogP contribution in [0.2, 0.25) is 0 Å². The molecule has 134 valence electrons. The fourth-order valence-corrected chi connectivity index (χ4v) is 2.70. The third-order valence-corrected chi connectivity index (χ3v) is 3.97. The molecular formula is C14H15Cl3INO5. The second-order valence-electron chi connectivity index (χ2n) is 4.58. The number of carbonyl (C=O) groups is 2.